The number of aliphatic imine (C=N–C) groups is 1. The van der Waals surface area contributed by atoms with Crippen LogP contribution in [0.25, 0.3) is 6.08 Å². The second kappa shape index (κ2) is 4.62. The third-order valence-corrected chi connectivity index (χ3v) is 4.58. The molecule has 1 aromatic carbocycles. The monoisotopic (exact) mass is 264 g/mol. The van der Waals surface area contributed by atoms with E-state index in [0.717, 1.165) is 13.0 Å². The molecule has 0 radical (unpaired) electrons. The van der Waals surface area contributed by atoms with Gasteiger partial charge in [0.05, 0.1) is 6.54 Å². The Morgan fingerprint density at radius 3 is 2.70 bits per heavy atom. The van der Waals surface area contributed by atoms with Crippen molar-refractivity contribution in [3.63, 3.8) is 0 Å². The van der Waals surface area contributed by atoms with Gasteiger partial charge in [-0.15, -0.1) is 0 Å². The van der Waals surface area contributed by atoms with E-state index < -0.39 is 0 Å². The van der Waals surface area contributed by atoms with Crippen molar-refractivity contribution in [3.05, 3.63) is 52.6 Å². The van der Waals surface area contributed by atoms with E-state index in [2.05, 4.69) is 35.8 Å². The summed E-state index contributed by atoms with van der Waals surface area (Å²) in [5, 5.41) is 0. The van der Waals surface area contributed by atoms with Crippen molar-refractivity contribution in [1.82, 2.24) is 4.90 Å². The molecule has 20 heavy (non-hydrogen) atoms. The Bertz CT molecular complexity index is 631. The second-order valence-corrected chi connectivity index (χ2v) is 6.06. The summed E-state index contributed by atoms with van der Waals surface area (Å²) in [7, 11) is 0. The number of likely N-dealkylation sites (tertiary alicyclic amines) is 1. The van der Waals surface area contributed by atoms with Crippen LogP contribution >= 0.6 is 0 Å². The first kappa shape index (κ1) is 12.0. The van der Waals surface area contributed by atoms with E-state index in [1.807, 2.05) is 0 Å². The van der Waals surface area contributed by atoms with E-state index in [4.69, 9.17) is 4.99 Å². The first-order chi connectivity index (χ1) is 9.81. The van der Waals surface area contributed by atoms with Crippen molar-refractivity contribution in [1.29, 1.82) is 0 Å². The number of hydrogen-bond acceptors (Lipinski definition) is 2. The molecule has 0 amide bonds. The van der Waals surface area contributed by atoms with Crippen molar-refractivity contribution >= 4 is 11.9 Å². The predicted octanol–water partition coefficient (Wildman–Crippen LogP) is 3.56. The summed E-state index contributed by atoms with van der Waals surface area (Å²) in [6.07, 6.45) is 9.30. The Balaban J connectivity index is 1.71. The molecule has 0 saturated carbocycles. The molecule has 1 saturated heterocycles. The van der Waals surface area contributed by atoms with Gasteiger partial charge in [-0.3, -0.25) is 4.99 Å². The van der Waals surface area contributed by atoms with Crippen LogP contribution in [-0.2, 0) is 13.0 Å². The van der Waals surface area contributed by atoms with Gasteiger partial charge in [0, 0.05) is 18.7 Å². The van der Waals surface area contributed by atoms with Crippen molar-refractivity contribution in [2.24, 2.45) is 4.99 Å². The second-order valence-electron chi connectivity index (χ2n) is 6.06. The number of hydrogen-bond donors (Lipinski definition) is 0. The van der Waals surface area contributed by atoms with Crippen LogP contribution in [0.5, 0.6) is 0 Å². The molecule has 0 spiro atoms. The van der Waals surface area contributed by atoms with Crippen molar-refractivity contribution in [2.75, 3.05) is 13.1 Å². The Hall–Kier alpha value is -1.83. The molecule has 1 fully saturated rings. The molecule has 2 heterocycles. The minimum atomic E-state index is 0.852. The summed E-state index contributed by atoms with van der Waals surface area (Å²) in [5.74, 6) is 1.24. The largest absolute Gasteiger partial charge is 0.356 e. The molecule has 0 aromatic heterocycles. The van der Waals surface area contributed by atoms with Crippen LogP contribution < -0.4 is 0 Å². The fraction of sp³-hybridized carbons (Fsp3) is 0.389. The highest BCUT2D eigenvalue weighted by atomic mass is 15.2. The van der Waals surface area contributed by atoms with Gasteiger partial charge >= 0.3 is 0 Å². The summed E-state index contributed by atoms with van der Waals surface area (Å²) in [5.41, 5.74) is 6.72. The molecule has 0 bridgehead atoms. The Labute approximate surface area is 120 Å². The zero-order chi connectivity index (χ0) is 13.5. The van der Waals surface area contributed by atoms with Crippen molar-refractivity contribution in [2.45, 2.75) is 32.2 Å². The number of piperidine rings is 1. The first-order valence-corrected chi connectivity index (χ1v) is 7.63. The van der Waals surface area contributed by atoms with Gasteiger partial charge in [0.25, 0.3) is 0 Å². The summed E-state index contributed by atoms with van der Waals surface area (Å²) >= 11 is 0. The molecular formula is C18H20N2. The van der Waals surface area contributed by atoms with Gasteiger partial charge in [-0.2, -0.15) is 0 Å². The molecule has 102 valence electrons. The first-order valence-electron chi connectivity index (χ1n) is 7.63. The minimum absolute atomic E-state index is 0.852. The van der Waals surface area contributed by atoms with Crippen LogP contribution in [0.1, 0.15) is 41.5 Å². The van der Waals surface area contributed by atoms with Gasteiger partial charge in [-0.05, 0) is 48.4 Å². The lowest BCUT2D eigenvalue weighted by atomic mass is 9.90. The fourth-order valence-electron chi connectivity index (χ4n) is 3.49. The minimum Gasteiger partial charge on any atom is -0.356 e. The van der Waals surface area contributed by atoms with Gasteiger partial charge in [0.1, 0.15) is 5.84 Å². The standard InChI is InChI=1S/C18H20N2/c1-13-5-6-14-11-17-16(10-15(14)9-13)12-19-18(17)20-7-3-2-4-8-20/h5-6,10-11H,1-4,7-9,12H2. The number of amidine groups is 1. The average molecular weight is 264 g/mol. The topological polar surface area (TPSA) is 15.6 Å². The van der Waals surface area contributed by atoms with E-state index in [1.165, 1.54) is 66.0 Å². The zero-order valence-corrected chi connectivity index (χ0v) is 11.9. The predicted molar refractivity (Wildman–Crippen MR) is 84.0 cm³/mol. The van der Waals surface area contributed by atoms with Gasteiger partial charge in [-0.1, -0.05) is 30.4 Å². The molecule has 0 atom stereocenters. The SMILES string of the molecule is C=C1C=Cc2cc3c(cc2C1)CN=C3N1CCCCC1. The lowest BCUT2D eigenvalue weighted by Gasteiger charge is -2.29. The van der Waals surface area contributed by atoms with Gasteiger partial charge in [-0.25, -0.2) is 0 Å². The molecule has 1 aliphatic carbocycles. The number of nitrogens with zero attached hydrogens (tertiary/aromatic N) is 2. The summed E-state index contributed by atoms with van der Waals surface area (Å²) in [6.45, 7) is 7.26. The van der Waals surface area contributed by atoms with Gasteiger partial charge in [0.15, 0.2) is 0 Å². The molecular weight excluding hydrogens is 244 g/mol. The van der Waals surface area contributed by atoms with Crippen molar-refractivity contribution in [3.8, 4) is 0 Å². The molecule has 0 N–H and O–H groups in total. The van der Waals surface area contributed by atoms with Crippen LogP contribution in [-0.4, -0.2) is 23.8 Å². The van der Waals surface area contributed by atoms with E-state index in [0.29, 0.717) is 0 Å². The van der Waals surface area contributed by atoms with Crippen molar-refractivity contribution < 1.29 is 0 Å². The van der Waals surface area contributed by atoms with Gasteiger partial charge < -0.3 is 4.90 Å². The zero-order valence-electron chi connectivity index (χ0n) is 11.9. The smallest absolute Gasteiger partial charge is 0.131 e. The fourth-order valence-corrected chi connectivity index (χ4v) is 3.49. The van der Waals surface area contributed by atoms with Crippen LogP contribution in [0.15, 0.2) is 35.4 Å². The highest BCUT2D eigenvalue weighted by Gasteiger charge is 2.24. The van der Waals surface area contributed by atoms with Crippen LogP contribution in [0.3, 0.4) is 0 Å². The maximum Gasteiger partial charge on any atom is 0.131 e. The molecule has 2 heteroatoms. The summed E-state index contributed by atoms with van der Waals surface area (Å²) < 4.78 is 0. The number of allylic oxidation sites excluding steroid dienone is 2. The Morgan fingerprint density at radius 2 is 1.85 bits per heavy atom. The Kier molecular flexibility index (Phi) is 2.76. The lowest BCUT2D eigenvalue weighted by molar-refractivity contribution is 0.343. The normalized spacial score (nSPS) is 20.7. The number of rotatable bonds is 0. The van der Waals surface area contributed by atoms with E-state index >= 15 is 0 Å². The molecule has 1 aromatic rings. The molecule has 4 rings (SSSR count). The maximum atomic E-state index is 4.81. The molecule has 2 aliphatic heterocycles. The number of fused-ring (bicyclic) bond motifs is 2. The molecule has 3 aliphatic rings. The highest BCUT2D eigenvalue weighted by Crippen LogP contribution is 2.30. The molecule has 0 unspecified atom stereocenters. The third kappa shape index (κ3) is 1.91. The quantitative estimate of drug-likeness (QED) is 0.699. The Morgan fingerprint density at radius 1 is 1.00 bits per heavy atom. The lowest BCUT2D eigenvalue weighted by Crippen LogP contribution is -2.35. The van der Waals surface area contributed by atoms with E-state index in [-0.39, 0.29) is 0 Å². The average Bonchev–Trinajstić information content (AvgIpc) is 2.88. The maximum absolute atomic E-state index is 4.81. The third-order valence-electron chi connectivity index (χ3n) is 4.58. The summed E-state index contributed by atoms with van der Waals surface area (Å²) in [6, 6.07) is 4.69. The van der Waals surface area contributed by atoms with Crippen LogP contribution in [0.4, 0.5) is 0 Å². The van der Waals surface area contributed by atoms with Crippen LogP contribution in [0, 0.1) is 0 Å². The number of benzene rings is 1. The molecule has 2 nitrogen and oxygen atoms in total. The highest BCUT2D eigenvalue weighted by molar-refractivity contribution is 6.02. The van der Waals surface area contributed by atoms with Crippen LogP contribution in [0.2, 0.25) is 0 Å². The van der Waals surface area contributed by atoms with E-state index in [9.17, 15) is 0 Å². The van der Waals surface area contributed by atoms with E-state index in [1.54, 1.807) is 0 Å². The summed E-state index contributed by atoms with van der Waals surface area (Å²) in [4.78, 5) is 7.29. The van der Waals surface area contributed by atoms with Gasteiger partial charge in [0.2, 0.25) is 0 Å².